The number of benzene rings is 1. The highest BCUT2D eigenvalue weighted by Gasteiger charge is 2.26. The van der Waals surface area contributed by atoms with E-state index in [0.717, 1.165) is 29.5 Å². The van der Waals surface area contributed by atoms with Gasteiger partial charge in [0.15, 0.2) is 6.61 Å². The van der Waals surface area contributed by atoms with Crippen LogP contribution < -0.4 is 15.2 Å². The summed E-state index contributed by atoms with van der Waals surface area (Å²) in [5.74, 6) is 1.25. The lowest BCUT2D eigenvalue weighted by Crippen LogP contribution is -2.51. The van der Waals surface area contributed by atoms with E-state index >= 15 is 0 Å². The third-order valence-electron chi connectivity index (χ3n) is 6.26. The molecule has 32 heavy (non-hydrogen) atoms. The third-order valence-corrected chi connectivity index (χ3v) is 7.70. The number of rotatable bonds is 4. The average Bonchev–Trinajstić information content (AvgIpc) is 3.19. The molecule has 0 saturated carbocycles. The summed E-state index contributed by atoms with van der Waals surface area (Å²) in [6, 6.07) is 6.97. The Kier molecular flexibility index (Phi) is 5.82. The zero-order valence-electron chi connectivity index (χ0n) is 18.0. The van der Waals surface area contributed by atoms with Crippen molar-refractivity contribution in [2.24, 2.45) is 7.05 Å². The number of nitrogens with zero attached hydrogens (tertiary/aromatic N) is 4. The number of fused-ring (bicyclic) bond motifs is 3. The maximum absolute atomic E-state index is 13.2. The van der Waals surface area contributed by atoms with Crippen LogP contribution >= 0.6 is 22.9 Å². The summed E-state index contributed by atoms with van der Waals surface area (Å²) in [6.45, 7) is 2.38. The molecule has 1 fully saturated rings. The fourth-order valence-corrected chi connectivity index (χ4v) is 5.85. The standard InChI is InChI=1S/C23H25ClN4O3S/c1-26-22(30)20-17-4-2-3-5-18(17)32-21(20)25-23(26)28-12-10-27(11-13-28)19(29)14-31-16-8-6-15(24)7-9-16/h6-9H,2-5,10-14H2,1H3. The molecule has 3 heterocycles. The van der Waals surface area contributed by atoms with Gasteiger partial charge in [0.05, 0.1) is 5.39 Å². The molecule has 0 atom stereocenters. The zero-order chi connectivity index (χ0) is 22.2. The van der Waals surface area contributed by atoms with Crippen molar-refractivity contribution in [2.45, 2.75) is 25.7 Å². The van der Waals surface area contributed by atoms with Gasteiger partial charge in [0.2, 0.25) is 5.95 Å². The molecular formula is C23H25ClN4O3S. The quantitative estimate of drug-likeness (QED) is 0.583. The Morgan fingerprint density at radius 1 is 1.12 bits per heavy atom. The Bertz CT molecular complexity index is 1210. The minimum absolute atomic E-state index is 0.00885. The van der Waals surface area contributed by atoms with E-state index in [-0.39, 0.29) is 18.1 Å². The Labute approximate surface area is 195 Å². The number of aryl methyl sites for hydroxylation is 2. The van der Waals surface area contributed by atoms with Gasteiger partial charge in [-0.05, 0) is 55.5 Å². The van der Waals surface area contributed by atoms with Crippen LogP contribution in [0.15, 0.2) is 29.1 Å². The summed E-state index contributed by atoms with van der Waals surface area (Å²) in [5.41, 5.74) is 1.26. The lowest BCUT2D eigenvalue weighted by atomic mass is 9.97. The van der Waals surface area contributed by atoms with Gasteiger partial charge in [0.25, 0.3) is 11.5 Å². The summed E-state index contributed by atoms with van der Waals surface area (Å²) < 4.78 is 7.26. The van der Waals surface area contributed by atoms with Gasteiger partial charge in [-0.25, -0.2) is 4.98 Å². The lowest BCUT2D eigenvalue weighted by molar-refractivity contribution is -0.133. The molecule has 0 radical (unpaired) electrons. The smallest absolute Gasteiger partial charge is 0.263 e. The van der Waals surface area contributed by atoms with Crippen LogP contribution in [0.25, 0.3) is 10.2 Å². The van der Waals surface area contributed by atoms with Crippen LogP contribution in [0.5, 0.6) is 5.75 Å². The van der Waals surface area contributed by atoms with Crippen molar-refractivity contribution < 1.29 is 9.53 Å². The number of carbonyl (C=O) groups excluding carboxylic acids is 1. The van der Waals surface area contributed by atoms with Crippen LogP contribution in [0.1, 0.15) is 23.3 Å². The summed E-state index contributed by atoms with van der Waals surface area (Å²) in [5, 5.41) is 1.44. The second-order valence-corrected chi connectivity index (χ2v) is 9.80. The van der Waals surface area contributed by atoms with Crippen LogP contribution in [0.3, 0.4) is 0 Å². The van der Waals surface area contributed by atoms with Gasteiger partial charge in [-0.1, -0.05) is 11.6 Å². The summed E-state index contributed by atoms with van der Waals surface area (Å²) >= 11 is 7.55. The van der Waals surface area contributed by atoms with Gasteiger partial charge in [-0.3, -0.25) is 14.2 Å². The van der Waals surface area contributed by atoms with Crippen molar-refractivity contribution in [3.8, 4) is 5.75 Å². The lowest BCUT2D eigenvalue weighted by Gasteiger charge is -2.35. The second-order valence-electron chi connectivity index (χ2n) is 8.28. The average molecular weight is 473 g/mol. The number of aromatic nitrogens is 2. The van der Waals surface area contributed by atoms with Gasteiger partial charge < -0.3 is 14.5 Å². The first kappa shape index (κ1) is 21.3. The van der Waals surface area contributed by atoms with Crippen LogP contribution in [0.4, 0.5) is 5.95 Å². The van der Waals surface area contributed by atoms with Crippen LogP contribution in [0, 0.1) is 0 Å². The largest absolute Gasteiger partial charge is 0.484 e. The monoisotopic (exact) mass is 472 g/mol. The normalized spacial score (nSPS) is 16.3. The number of thiophene rings is 1. The zero-order valence-corrected chi connectivity index (χ0v) is 19.5. The fourth-order valence-electron chi connectivity index (χ4n) is 4.48. The number of anilines is 1. The highest BCUT2D eigenvalue weighted by atomic mass is 35.5. The van der Waals surface area contributed by atoms with Gasteiger partial charge >= 0.3 is 0 Å². The summed E-state index contributed by atoms with van der Waals surface area (Å²) in [7, 11) is 1.80. The SMILES string of the molecule is Cn1c(N2CCN(C(=O)COc3ccc(Cl)cc3)CC2)nc2sc3c(c2c1=O)CCCC3. The van der Waals surface area contributed by atoms with Crippen LogP contribution in [-0.2, 0) is 24.7 Å². The molecule has 9 heteroatoms. The van der Waals surface area contributed by atoms with E-state index in [4.69, 9.17) is 21.3 Å². The first-order valence-corrected chi connectivity index (χ1v) is 12.1. The molecule has 1 aromatic carbocycles. The van der Waals surface area contributed by atoms with E-state index in [9.17, 15) is 9.59 Å². The molecule has 1 amide bonds. The molecule has 5 rings (SSSR count). The topological polar surface area (TPSA) is 67.7 Å². The maximum atomic E-state index is 13.2. The number of ether oxygens (including phenoxy) is 1. The summed E-state index contributed by atoms with van der Waals surface area (Å²) in [4.78, 5) is 36.7. The molecule has 3 aromatic rings. The van der Waals surface area contributed by atoms with Crippen molar-refractivity contribution in [1.82, 2.24) is 14.5 Å². The van der Waals surface area contributed by atoms with Crippen molar-refractivity contribution in [3.05, 3.63) is 50.1 Å². The van der Waals surface area contributed by atoms with E-state index in [1.54, 1.807) is 52.1 Å². The molecule has 168 valence electrons. The molecule has 1 aliphatic carbocycles. The summed E-state index contributed by atoms with van der Waals surface area (Å²) in [6.07, 6.45) is 4.35. The minimum Gasteiger partial charge on any atom is -0.484 e. The van der Waals surface area contributed by atoms with Crippen molar-refractivity contribution in [3.63, 3.8) is 0 Å². The van der Waals surface area contributed by atoms with Crippen molar-refractivity contribution in [2.75, 3.05) is 37.7 Å². The van der Waals surface area contributed by atoms with E-state index < -0.39 is 0 Å². The molecule has 1 saturated heterocycles. The maximum Gasteiger partial charge on any atom is 0.263 e. The fraction of sp³-hybridized carbons (Fsp3) is 0.435. The van der Waals surface area contributed by atoms with Gasteiger partial charge in [0.1, 0.15) is 10.6 Å². The third kappa shape index (κ3) is 3.97. The number of amides is 1. The second kappa shape index (κ2) is 8.75. The first-order chi connectivity index (χ1) is 15.5. The molecule has 7 nitrogen and oxygen atoms in total. The van der Waals surface area contributed by atoms with Crippen LogP contribution in [-0.4, -0.2) is 53.1 Å². The van der Waals surface area contributed by atoms with E-state index in [1.807, 2.05) is 0 Å². The predicted octanol–water partition coefficient (Wildman–Crippen LogP) is 3.25. The Hall–Kier alpha value is -2.58. The van der Waals surface area contributed by atoms with Gasteiger partial charge in [-0.15, -0.1) is 11.3 Å². The van der Waals surface area contributed by atoms with Gasteiger partial charge in [-0.2, -0.15) is 0 Å². The number of carbonyl (C=O) groups is 1. The van der Waals surface area contributed by atoms with E-state index in [1.165, 1.54) is 16.9 Å². The molecule has 2 aliphatic rings. The molecule has 0 spiro atoms. The first-order valence-electron chi connectivity index (χ1n) is 10.9. The van der Waals surface area contributed by atoms with Gasteiger partial charge in [0, 0.05) is 43.1 Å². The Morgan fingerprint density at radius 2 is 1.84 bits per heavy atom. The van der Waals surface area contributed by atoms with E-state index in [2.05, 4.69) is 4.90 Å². The molecule has 2 aromatic heterocycles. The number of piperazine rings is 1. The molecule has 0 bridgehead atoms. The molecular weight excluding hydrogens is 448 g/mol. The minimum atomic E-state index is -0.0529. The van der Waals surface area contributed by atoms with Crippen LogP contribution in [0.2, 0.25) is 5.02 Å². The highest BCUT2D eigenvalue weighted by Crippen LogP contribution is 2.34. The molecule has 1 aliphatic heterocycles. The molecule has 0 unspecified atom stereocenters. The van der Waals surface area contributed by atoms with E-state index in [0.29, 0.717) is 42.9 Å². The molecule has 0 N–H and O–H groups in total. The number of hydrogen-bond acceptors (Lipinski definition) is 6. The Balaban J connectivity index is 1.26. The Morgan fingerprint density at radius 3 is 2.59 bits per heavy atom. The predicted molar refractivity (Wildman–Crippen MR) is 127 cm³/mol. The van der Waals surface area contributed by atoms with Crippen molar-refractivity contribution in [1.29, 1.82) is 0 Å². The number of hydrogen-bond donors (Lipinski definition) is 0. The van der Waals surface area contributed by atoms with Crippen molar-refractivity contribution >= 4 is 45.0 Å². The highest BCUT2D eigenvalue weighted by molar-refractivity contribution is 7.18. The number of halogens is 1.